The predicted octanol–water partition coefficient (Wildman–Crippen LogP) is 5.24. The van der Waals surface area contributed by atoms with Crippen molar-refractivity contribution in [2.75, 3.05) is 38.1 Å². The molecular weight excluding hydrogens is 408 g/mol. The van der Waals surface area contributed by atoms with Gasteiger partial charge in [0.1, 0.15) is 0 Å². The zero-order valence-electron chi connectivity index (χ0n) is 17.7. The number of carbonyl (C=O) groups is 1. The van der Waals surface area contributed by atoms with Crippen molar-refractivity contribution in [1.82, 2.24) is 15.2 Å². The van der Waals surface area contributed by atoms with E-state index >= 15 is 0 Å². The molecule has 5 nitrogen and oxygen atoms in total. The molecule has 31 heavy (non-hydrogen) atoms. The smallest absolute Gasteiger partial charge is 0.321 e. The molecule has 1 aromatic heterocycles. The quantitative estimate of drug-likeness (QED) is 0.589. The first kappa shape index (κ1) is 20.2. The van der Waals surface area contributed by atoms with Gasteiger partial charge in [-0.25, -0.2) is 4.79 Å². The number of nitrogens with one attached hydrogen (secondary N) is 2. The van der Waals surface area contributed by atoms with Crippen LogP contribution in [0.4, 0.5) is 10.5 Å². The summed E-state index contributed by atoms with van der Waals surface area (Å²) in [4.78, 5) is 20.0. The first-order valence-corrected chi connectivity index (χ1v) is 11.3. The van der Waals surface area contributed by atoms with Crippen LogP contribution in [0.5, 0.6) is 0 Å². The Labute approximate surface area is 187 Å². The van der Waals surface area contributed by atoms with Gasteiger partial charge in [0.15, 0.2) is 0 Å². The number of hydrogen-bond acceptors (Lipinski definition) is 2. The number of fused-ring (bicyclic) bond motifs is 2. The van der Waals surface area contributed by atoms with Gasteiger partial charge in [0.25, 0.3) is 0 Å². The van der Waals surface area contributed by atoms with Gasteiger partial charge >= 0.3 is 6.03 Å². The number of para-hydroxylation sites is 1. The number of hydrogen-bond donors (Lipinski definition) is 2. The molecule has 2 aliphatic rings. The van der Waals surface area contributed by atoms with Gasteiger partial charge in [-0.2, -0.15) is 0 Å². The molecular formula is C25H27ClN4O. The fourth-order valence-corrected chi connectivity index (χ4v) is 5.10. The molecule has 1 unspecified atom stereocenters. The second-order valence-corrected chi connectivity index (χ2v) is 8.82. The number of H-pyrrole nitrogens is 1. The van der Waals surface area contributed by atoms with E-state index in [1.807, 2.05) is 23.1 Å². The van der Waals surface area contributed by atoms with Gasteiger partial charge in [-0.05, 0) is 48.7 Å². The maximum atomic E-state index is 12.3. The van der Waals surface area contributed by atoms with Crippen LogP contribution in [0.25, 0.3) is 16.5 Å². The number of rotatable bonds is 4. The van der Waals surface area contributed by atoms with Crippen molar-refractivity contribution in [3.63, 3.8) is 0 Å². The Bertz CT molecular complexity index is 1150. The highest BCUT2D eigenvalue weighted by Gasteiger charge is 2.31. The molecule has 2 aromatic carbocycles. The summed E-state index contributed by atoms with van der Waals surface area (Å²) in [7, 11) is 1.69. The molecule has 3 heterocycles. The van der Waals surface area contributed by atoms with Gasteiger partial charge in [-0.1, -0.05) is 41.9 Å². The molecule has 2 N–H and O–H groups in total. The highest BCUT2D eigenvalue weighted by molar-refractivity contribution is 6.31. The molecule has 0 saturated carbocycles. The van der Waals surface area contributed by atoms with Crippen molar-refractivity contribution in [3.8, 4) is 0 Å². The summed E-state index contributed by atoms with van der Waals surface area (Å²) in [6, 6.07) is 14.3. The van der Waals surface area contributed by atoms with E-state index in [4.69, 9.17) is 11.6 Å². The highest BCUT2D eigenvalue weighted by Crippen LogP contribution is 2.38. The van der Waals surface area contributed by atoms with E-state index < -0.39 is 0 Å². The van der Waals surface area contributed by atoms with E-state index in [1.165, 1.54) is 22.1 Å². The lowest BCUT2D eigenvalue weighted by Gasteiger charge is -2.27. The second-order valence-electron chi connectivity index (χ2n) is 8.38. The minimum Gasteiger partial charge on any atom is -0.361 e. The molecule has 2 amide bonds. The normalized spacial score (nSPS) is 18.8. The van der Waals surface area contributed by atoms with Crippen LogP contribution in [-0.2, 0) is 0 Å². The lowest BCUT2D eigenvalue weighted by Crippen LogP contribution is -2.37. The van der Waals surface area contributed by atoms with Crippen molar-refractivity contribution in [1.29, 1.82) is 0 Å². The zero-order chi connectivity index (χ0) is 21.4. The third-order valence-electron chi connectivity index (χ3n) is 6.61. The molecule has 1 atom stereocenters. The molecule has 0 radical (unpaired) electrons. The minimum atomic E-state index is -0.0273. The van der Waals surface area contributed by atoms with Crippen LogP contribution in [0.2, 0.25) is 5.02 Å². The monoisotopic (exact) mass is 434 g/mol. The van der Waals surface area contributed by atoms with Gasteiger partial charge in [0.05, 0.1) is 0 Å². The van der Waals surface area contributed by atoms with E-state index in [2.05, 4.69) is 51.7 Å². The van der Waals surface area contributed by atoms with Crippen LogP contribution in [0, 0.1) is 0 Å². The number of benzene rings is 2. The van der Waals surface area contributed by atoms with Crippen LogP contribution in [-0.4, -0.2) is 49.1 Å². The van der Waals surface area contributed by atoms with Crippen molar-refractivity contribution in [3.05, 3.63) is 70.9 Å². The Hall–Kier alpha value is -2.76. The van der Waals surface area contributed by atoms with Gasteiger partial charge in [-0.3, -0.25) is 9.80 Å². The lowest BCUT2D eigenvalue weighted by molar-refractivity contribution is 0.248. The average Bonchev–Trinajstić information content (AvgIpc) is 3.39. The third-order valence-corrected chi connectivity index (χ3v) is 6.84. The third kappa shape index (κ3) is 3.84. The minimum absolute atomic E-state index is 0.0273. The molecule has 0 aliphatic carbocycles. The van der Waals surface area contributed by atoms with Gasteiger partial charge in [-0.15, -0.1) is 0 Å². The number of amides is 2. The predicted molar refractivity (Wildman–Crippen MR) is 128 cm³/mol. The number of anilines is 1. The standard InChI is InChI=1S/C25H27ClN4O/c1-27-25(31)30-16-18(20-4-2-3-5-24(20)30)10-13-29-11-8-17(9-12-29)22-15-28-23-14-19(26)6-7-21(22)23/h2-8,14-15,18,28H,9-13,16H2,1H3,(H,27,31). The zero-order valence-corrected chi connectivity index (χ0v) is 18.5. The molecule has 0 spiro atoms. The number of urea groups is 1. The fourth-order valence-electron chi connectivity index (χ4n) is 4.93. The molecule has 0 bridgehead atoms. The first-order chi connectivity index (χ1) is 15.1. The molecule has 5 rings (SSSR count). The molecule has 6 heteroatoms. The number of aromatic amines is 1. The van der Waals surface area contributed by atoms with Crippen molar-refractivity contribution < 1.29 is 4.79 Å². The summed E-state index contributed by atoms with van der Waals surface area (Å²) >= 11 is 6.12. The molecule has 160 valence electrons. The first-order valence-electron chi connectivity index (χ1n) is 10.9. The van der Waals surface area contributed by atoms with Crippen molar-refractivity contribution >= 4 is 39.8 Å². The fraction of sp³-hybridized carbons (Fsp3) is 0.320. The van der Waals surface area contributed by atoms with Crippen LogP contribution in [0.3, 0.4) is 0 Å². The Balaban J connectivity index is 1.24. The van der Waals surface area contributed by atoms with Gasteiger partial charge in [0, 0.05) is 66.0 Å². The summed E-state index contributed by atoms with van der Waals surface area (Å²) in [6.07, 6.45) is 6.56. The Morgan fingerprint density at radius 3 is 2.94 bits per heavy atom. The van der Waals surface area contributed by atoms with E-state index in [1.54, 1.807) is 7.05 Å². The van der Waals surface area contributed by atoms with Crippen molar-refractivity contribution in [2.45, 2.75) is 18.8 Å². The second kappa shape index (κ2) is 8.40. The van der Waals surface area contributed by atoms with Crippen LogP contribution < -0.4 is 10.2 Å². The summed E-state index contributed by atoms with van der Waals surface area (Å²) < 4.78 is 0. The van der Waals surface area contributed by atoms with E-state index in [0.29, 0.717) is 5.92 Å². The Kier molecular flexibility index (Phi) is 5.47. The van der Waals surface area contributed by atoms with E-state index in [-0.39, 0.29) is 6.03 Å². The number of nitrogens with zero attached hydrogens (tertiary/aromatic N) is 2. The van der Waals surface area contributed by atoms with Crippen molar-refractivity contribution in [2.24, 2.45) is 0 Å². The number of halogens is 1. The number of aromatic nitrogens is 1. The Morgan fingerprint density at radius 1 is 1.26 bits per heavy atom. The van der Waals surface area contributed by atoms with E-state index in [9.17, 15) is 4.79 Å². The summed E-state index contributed by atoms with van der Waals surface area (Å²) in [5.74, 6) is 0.386. The highest BCUT2D eigenvalue weighted by atomic mass is 35.5. The SMILES string of the molecule is CNC(=O)N1CC(CCN2CC=C(c3c[nH]c4cc(Cl)ccc34)CC2)c2ccccc21. The topological polar surface area (TPSA) is 51.4 Å². The summed E-state index contributed by atoms with van der Waals surface area (Å²) in [5, 5.41) is 4.76. The van der Waals surface area contributed by atoms with Gasteiger partial charge < -0.3 is 10.3 Å². The van der Waals surface area contributed by atoms with Crippen LogP contribution in [0.1, 0.15) is 29.9 Å². The van der Waals surface area contributed by atoms with E-state index in [0.717, 1.165) is 55.2 Å². The molecule has 2 aliphatic heterocycles. The maximum Gasteiger partial charge on any atom is 0.321 e. The van der Waals surface area contributed by atoms with Crippen LogP contribution >= 0.6 is 11.6 Å². The average molecular weight is 435 g/mol. The summed E-state index contributed by atoms with van der Waals surface area (Å²) in [6.45, 7) is 3.81. The lowest BCUT2D eigenvalue weighted by atomic mass is 9.96. The van der Waals surface area contributed by atoms with Gasteiger partial charge in [0.2, 0.25) is 0 Å². The Morgan fingerprint density at radius 2 is 2.13 bits per heavy atom. The van der Waals surface area contributed by atoms with Crippen LogP contribution in [0.15, 0.2) is 54.7 Å². The molecule has 0 fully saturated rings. The molecule has 0 saturated heterocycles. The summed E-state index contributed by atoms with van der Waals surface area (Å²) in [5.41, 5.74) is 6.12. The maximum absolute atomic E-state index is 12.3. The molecule has 3 aromatic rings. The number of carbonyl (C=O) groups excluding carboxylic acids is 1. The largest absolute Gasteiger partial charge is 0.361 e.